The summed E-state index contributed by atoms with van der Waals surface area (Å²) in [5.74, 6) is 0.484. The van der Waals surface area contributed by atoms with Crippen LogP contribution in [0.1, 0.15) is 57.3 Å². The molecule has 2 N–H and O–H groups in total. The highest BCUT2D eigenvalue weighted by atomic mass is 16.5. The number of phenolic OH excluding ortho intramolecular Hbond substituents is 1. The number of nitrogens with one attached hydrogen (secondary N) is 1. The van der Waals surface area contributed by atoms with Crippen LogP contribution in [0.2, 0.25) is 0 Å². The van der Waals surface area contributed by atoms with Crippen LogP contribution in [0, 0.1) is 0 Å². The molecular weight excluding hydrogens is 642 g/mol. The van der Waals surface area contributed by atoms with Gasteiger partial charge in [0, 0.05) is 98.7 Å². The number of amides is 3. The molecule has 10 nitrogen and oxygen atoms in total. The van der Waals surface area contributed by atoms with Crippen molar-refractivity contribution in [2.75, 3.05) is 55.7 Å². The minimum Gasteiger partial charge on any atom is -0.508 e. The molecule has 4 aromatic rings. The molecule has 3 atom stereocenters. The summed E-state index contributed by atoms with van der Waals surface area (Å²) in [4.78, 5) is 46.2. The smallest absolute Gasteiger partial charge is 0.255 e. The van der Waals surface area contributed by atoms with Crippen molar-refractivity contribution >= 4 is 29.1 Å². The summed E-state index contributed by atoms with van der Waals surface area (Å²) in [5.41, 5.74) is 7.54. The van der Waals surface area contributed by atoms with Crippen molar-refractivity contribution in [3.05, 3.63) is 119 Å². The summed E-state index contributed by atoms with van der Waals surface area (Å²) >= 11 is 0. The lowest BCUT2D eigenvalue weighted by Gasteiger charge is -2.49. The number of fused-ring (bicyclic) bond motifs is 2. The van der Waals surface area contributed by atoms with Crippen LogP contribution in [-0.4, -0.2) is 90.6 Å². The predicted octanol–water partition coefficient (Wildman–Crippen LogP) is 4.47. The van der Waals surface area contributed by atoms with Gasteiger partial charge < -0.3 is 24.5 Å². The number of hydrogen-bond acceptors (Lipinski definition) is 8. The van der Waals surface area contributed by atoms with Gasteiger partial charge >= 0.3 is 0 Å². The van der Waals surface area contributed by atoms with E-state index in [9.17, 15) is 19.5 Å². The molecule has 0 radical (unpaired) electrons. The molecule has 0 aliphatic carbocycles. The highest BCUT2D eigenvalue weighted by Gasteiger charge is 2.40. The molecule has 5 aliphatic rings. The van der Waals surface area contributed by atoms with Crippen LogP contribution >= 0.6 is 0 Å². The van der Waals surface area contributed by atoms with Crippen LogP contribution in [0.15, 0.2) is 91.0 Å². The number of piperidine rings is 1. The Morgan fingerprint density at radius 3 is 2.29 bits per heavy atom. The first-order valence-electron chi connectivity index (χ1n) is 18.0. The largest absolute Gasteiger partial charge is 0.508 e. The van der Waals surface area contributed by atoms with Gasteiger partial charge in [-0.15, -0.1) is 0 Å². The second kappa shape index (κ2) is 12.8. The zero-order chi connectivity index (χ0) is 34.6. The van der Waals surface area contributed by atoms with E-state index in [1.807, 2.05) is 24.3 Å². The van der Waals surface area contributed by atoms with E-state index in [2.05, 4.69) is 74.6 Å². The number of anilines is 2. The zero-order valence-electron chi connectivity index (χ0n) is 28.4. The number of benzene rings is 4. The third-order valence-corrected chi connectivity index (χ3v) is 11.6. The monoisotopic (exact) mass is 683 g/mol. The van der Waals surface area contributed by atoms with E-state index in [1.165, 1.54) is 16.8 Å². The maximum Gasteiger partial charge on any atom is 0.255 e. The first kappa shape index (κ1) is 31.6. The third-order valence-electron chi connectivity index (χ3n) is 11.6. The van der Waals surface area contributed by atoms with Crippen LogP contribution < -0.4 is 19.9 Å². The molecule has 10 heteroatoms. The number of hydrogen-bond donors (Lipinski definition) is 2. The Morgan fingerprint density at radius 1 is 0.765 bits per heavy atom. The van der Waals surface area contributed by atoms with E-state index in [0.29, 0.717) is 31.2 Å². The fraction of sp³-hybridized carbons (Fsp3) is 0.341. The lowest BCUT2D eigenvalue weighted by Crippen LogP contribution is -2.63. The lowest BCUT2D eigenvalue weighted by molar-refractivity contribution is -0.136. The summed E-state index contributed by atoms with van der Waals surface area (Å²) in [6, 6.07) is 31.0. The van der Waals surface area contributed by atoms with Crippen molar-refractivity contribution in [3.63, 3.8) is 0 Å². The number of carbonyl (C=O) groups excluding carboxylic acids is 3. The molecule has 0 bridgehead atoms. The van der Waals surface area contributed by atoms with E-state index in [0.717, 1.165) is 61.8 Å². The van der Waals surface area contributed by atoms with Gasteiger partial charge in [0.25, 0.3) is 5.91 Å². The molecule has 9 rings (SSSR count). The Kier molecular flexibility index (Phi) is 7.91. The molecule has 5 heterocycles. The average Bonchev–Trinajstić information content (AvgIpc) is 3.46. The number of phenols is 1. The van der Waals surface area contributed by atoms with Gasteiger partial charge in [-0.25, -0.2) is 0 Å². The van der Waals surface area contributed by atoms with Crippen molar-refractivity contribution < 1.29 is 24.2 Å². The maximum absolute atomic E-state index is 13.1. The van der Waals surface area contributed by atoms with Crippen LogP contribution in [0.25, 0.3) is 0 Å². The first-order valence-corrected chi connectivity index (χ1v) is 18.0. The van der Waals surface area contributed by atoms with E-state index >= 15 is 0 Å². The van der Waals surface area contributed by atoms with Gasteiger partial charge in [0.15, 0.2) is 0 Å². The molecule has 51 heavy (non-hydrogen) atoms. The minimum atomic E-state index is -0.594. The third kappa shape index (κ3) is 5.77. The van der Waals surface area contributed by atoms with Crippen molar-refractivity contribution in [2.45, 2.75) is 43.3 Å². The molecule has 3 amide bonds. The number of ether oxygens (including phenoxy) is 1. The SMILES string of the molecule is O=C1CCC(N2Cc3cc(N4CC(N5CCN(c6ccc(C7c8ccc(O)cc8OCC7c7ccccc7)cc6)CC5)C4)ccc3C2=O)C(=O)N1. The number of nitrogens with zero attached hydrogens (tertiary/aromatic N) is 4. The highest BCUT2D eigenvalue weighted by Crippen LogP contribution is 2.47. The van der Waals surface area contributed by atoms with Crippen LogP contribution in [0.3, 0.4) is 0 Å². The Hall–Kier alpha value is -5.35. The summed E-state index contributed by atoms with van der Waals surface area (Å²) in [6.45, 7) is 6.81. The standard InChI is InChI=1S/C41H41N5O5/c47-32-11-13-34-37(21-32)51-25-35(26-4-2-1-3-5-26)39(34)27-6-8-29(9-7-27)43-16-18-44(19-17-43)31-23-45(24-31)30-10-12-33-28(20-30)22-46(41(33)50)36-14-15-38(48)42-40(36)49/h1-13,20-21,31,35-36,39,47H,14-19,22-25H2,(H,42,48,49). The number of rotatable bonds is 6. The van der Waals surface area contributed by atoms with Crippen LogP contribution in [0.5, 0.6) is 11.5 Å². The highest BCUT2D eigenvalue weighted by molar-refractivity contribution is 6.05. The normalized spacial score (nSPS) is 23.7. The van der Waals surface area contributed by atoms with Gasteiger partial charge in [-0.2, -0.15) is 0 Å². The predicted molar refractivity (Wildman–Crippen MR) is 193 cm³/mol. The van der Waals surface area contributed by atoms with Crippen molar-refractivity contribution in [3.8, 4) is 11.5 Å². The van der Waals surface area contributed by atoms with Crippen molar-refractivity contribution in [2.24, 2.45) is 0 Å². The Labute approximate surface area is 297 Å². The molecule has 5 aliphatic heterocycles. The molecule has 0 saturated carbocycles. The minimum absolute atomic E-state index is 0.125. The summed E-state index contributed by atoms with van der Waals surface area (Å²) in [7, 11) is 0. The number of imide groups is 1. The van der Waals surface area contributed by atoms with Crippen LogP contribution in [0.4, 0.5) is 11.4 Å². The second-order valence-electron chi connectivity index (χ2n) is 14.4. The Morgan fingerprint density at radius 2 is 1.53 bits per heavy atom. The number of aromatic hydroxyl groups is 1. The average molecular weight is 684 g/mol. The Balaban J connectivity index is 0.817. The number of piperazine rings is 1. The van der Waals surface area contributed by atoms with E-state index in [1.54, 1.807) is 17.0 Å². The van der Waals surface area contributed by atoms with Crippen LogP contribution in [-0.2, 0) is 16.1 Å². The Bertz CT molecular complexity index is 1990. The van der Waals surface area contributed by atoms with Gasteiger partial charge in [0.1, 0.15) is 17.5 Å². The van der Waals surface area contributed by atoms with Gasteiger partial charge in [-0.3, -0.25) is 24.6 Å². The zero-order valence-corrected chi connectivity index (χ0v) is 28.4. The summed E-state index contributed by atoms with van der Waals surface area (Å²) in [5, 5.41) is 12.5. The van der Waals surface area contributed by atoms with Crippen molar-refractivity contribution in [1.29, 1.82) is 0 Å². The second-order valence-corrected chi connectivity index (χ2v) is 14.4. The fourth-order valence-corrected chi connectivity index (χ4v) is 8.69. The molecule has 0 spiro atoms. The first-order chi connectivity index (χ1) is 24.9. The van der Waals surface area contributed by atoms with E-state index in [-0.39, 0.29) is 41.7 Å². The number of carbonyl (C=O) groups is 3. The van der Waals surface area contributed by atoms with E-state index in [4.69, 9.17) is 4.74 Å². The quantitative estimate of drug-likeness (QED) is 0.287. The maximum atomic E-state index is 13.1. The molecule has 3 fully saturated rings. The molecule has 0 aromatic heterocycles. The van der Waals surface area contributed by atoms with Gasteiger partial charge in [0.2, 0.25) is 11.8 Å². The van der Waals surface area contributed by atoms with Gasteiger partial charge in [-0.05, 0) is 59.5 Å². The van der Waals surface area contributed by atoms with Gasteiger partial charge in [0.05, 0.1) is 6.61 Å². The molecule has 4 aromatic carbocycles. The molecule has 3 saturated heterocycles. The summed E-state index contributed by atoms with van der Waals surface area (Å²) in [6.07, 6.45) is 0.628. The topological polar surface area (TPSA) is 106 Å². The van der Waals surface area contributed by atoms with E-state index < -0.39 is 6.04 Å². The molecular formula is C41H41N5O5. The molecule has 260 valence electrons. The van der Waals surface area contributed by atoms with Crippen molar-refractivity contribution in [1.82, 2.24) is 15.1 Å². The molecule has 3 unspecified atom stereocenters. The summed E-state index contributed by atoms with van der Waals surface area (Å²) < 4.78 is 6.16. The van der Waals surface area contributed by atoms with Gasteiger partial charge in [-0.1, -0.05) is 48.5 Å². The fourth-order valence-electron chi connectivity index (χ4n) is 8.69. The lowest BCUT2D eigenvalue weighted by atomic mass is 9.76.